The van der Waals surface area contributed by atoms with E-state index in [4.69, 9.17) is 5.73 Å². The van der Waals surface area contributed by atoms with Crippen molar-refractivity contribution in [2.45, 2.75) is 30.6 Å². The zero-order valence-corrected chi connectivity index (χ0v) is 17.7. The highest BCUT2D eigenvalue weighted by atomic mass is 16.3. The summed E-state index contributed by atoms with van der Waals surface area (Å²) < 4.78 is 0. The fourth-order valence-corrected chi connectivity index (χ4v) is 5.88. The predicted octanol–water partition coefficient (Wildman–Crippen LogP) is -1.47. The molecule has 3 aliphatic rings. The van der Waals surface area contributed by atoms with Gasteiger partial charge in [0.2, 0.25) is 5.91 Å². The molecule has 5 N–H and O–H groups in total. The average molecular weight is 444 g/mol. The molecule has 10 heteroatoms. The van der Waals surface area contributed by atoms with E-state index >= 15 is 0 Å². The summed E-state index contributed by atoms with van der Waals surface area (Å²) in [5.41, 5.74) is 0.511. The Balaban J connectivity index is 1.95. The van der Waals surface area contributed by atoms with Crippen molar-refractivity contribution in [1.82, 2.24) is 4.90 Å². The number of Topliss-reactive ketones (excluding diaryl/α,β-unsaturated/α-hetero) is 4. The van der Waals surface area contributed by atoms with Crippen LogP contribution in [0.15, 0.2) is 18.2 Å². The smallest absolute Gasteiger partial charge is 0.235 e. The van der Waals surface area contributed by atoms with E-state index in [1.54, 1.807) is 0 Å². The maximum Gasteiger partial charge on any atom is 0.235 e. The number of primary amides is 1. The number of hydrogen-bond donors (Lipinski definition) is 4. The largest absolute Gasteiger partial charge is 0.507 e. The number of rotatable bonds is 2. The van der Waals surface area contributed by atoms with Crippen molar-refractivity contribution in [3.05, 3.63) is 29.3 Å². The van der Waals surface area contributed by atoms with E-state index in [2.05, 4.69) is 0 Å². The van der Waals surface area contributed by atoms with Crippen LogP contribution in [0.25, 0.3) is 0 Å². The Morgan fingerprint density at radius 2 is 1.72 bits per heavy atom. The molecule has 2 saturated carbocycles. The van der Waals surface area contributed by atoms with E-state index < -0.39 is 75.7 Å². The fourth-order valence-electron chi connectivity index (χ4n) is 5.88. The molecule has 2 fully saturated rings. The fraction of sp³-hybridized carbons (Fsp3) is 0.500. The van der Waals surface area contributed by atoms with Crippen LogP contribution < -0.4 is 5.73 Å². The van der Waals surface area contributed by atoms with Crippen LogP contribution in [-0.2, 0) is 24.8 Å². The molecule has 10 nitrogen and oxygen atoms in total. The lowest BCUT2D eigenvalue weighted by Crippen LogP contribution is -2.75. The van der Waals surface area contributed by atoms with Crippen LogP contribution >= 0.6 is 0 Å². The van der Waals surface area contributed by atoms with Crippen LogP contribution in [0.3, 0.4) is 0 Å². The molecule has 4 rings (SSSR count). The normalized spacial score (nSPS) is 38.9. The Morgan fingerprint density at radius 3 is 2.28 bits per heavy atom. The van der Waals surface area contributed by atoms with Gasteiger partial charge in [0.25, 0.3) is 0 Å². The summed E-state index contributed by atoms with van der Waals surface area (Å²) in [7, 11) is 2.98. The van der Waals surface area contributed by atoms with E-state index in [9.17, 15) is 39.3 Å². The lowest BCUT2D eigenvalue weighted by molar-refractivity contribution is -0.188. The number of phenols is 1. The summed E-state index contributed by atoms with van der Waals surface area (Å²) in [6, 6.07) is 2.91. The highest BCUT2D eigenvalue weighted by Crippen LogP contribution is 2.55. The molecule has 0 bridgehead atoms. The van der Waals surface area contributed by atoms with E-state index in [0.717, 1.165) is 0 Å². The van der Waals surface area contributed by atoms with Gasteiger partial charge in [0.15, 0.2) is 34.7 Å². The molecule has 0 aromatic heterocycles. The van der Waals surface area contributed by atoms with Gasteiger partial charge in [0, 0.05) is 11.8 Å². The second kappa shape index (κ2) is 6.77. The van der Waals surface area contributed by atoms with Crippen LogP contribution in [-0.4, -0.2) is 75.0 Å². The van der Waals surface area contributed by atoms with Gasteiger partial charge in [0.1, 0.15) is 5.75 Å². The number of hydrogen-bond acceptors (Lipinski definition) is 9. The monoisotopic (exact) mass is 444 g/mol. The summed E-state index contributed by atoms with van der Waals surface area (Å²) in [5, 5.41) is 33.1. The zero-order valence-electron chi connectivity index (χ0n) is 17.7. The standard InChI is InChI=1S/C22H24N2O8/c1-21(31)8-5-4-6-11(25)12(8)16(26)13-9(21)7-10-15(24(2)3)17(27)14(20(23)30)19(29)22(10,32)18(13)28/h4-6,9-10,13-15,25,31-32H,7H2,1-3H3,(H2,23,30)/t9?,10?,13?,14?,15-,21+,22?/m0/s1. The Kier molecular flexibility index (Phi) is 4.71. The van der Waals surface area contributed by atoms with Crippen molar-refractivity contribution in [3.63, 3.8) is 0 Å². The van der Waals surface area contributed by atoms with Crippen molar-refractivity contribution >= 4 is 29.0 Å². The molecule has 32 heavy (non-hydrogen) atoms. The molecule has 3 aliphatic carbocycles. The first-order valence-corrected chi connectivity index (χ1v) is 10.2. The van der Waals surface area contributed by atoms with E-state index in [0.29, 0.717) is 0 Å². The minimum atomic E-state index is -2.82. The number of carbonyl (C=O) groups excluding carboxylic acids is 5. The summed E-state index contributed by atoms with van der Waals surface area (Å²) >= 11 is 0. The molecule has 5 unspecified atom stereocenters. The van der Waals surface area contributed by atoms with Gasteiger partial charge >= 0.3 is 0 Å². The Morgan fingerprint density at radius 1 is 1.09 bits per heavy atom. The second-order valence-corrected chi connectivity index (χ2v) is 9.28. The SMILES string of the molecule is CN(C)[C@@H]1C(=O)C(C(N)=O)C(=O)C2(O)C(=O)C3C(=O)c4c(O)cccc4[C@@](C)(O)C3CC12. The maximum atomic E-state index is 13.6. The lowest BCUT2D eigenvalue weighted by atomic mass is 9.49. The topological polar surface area (TPSA) is 175 Å². The quantitative estimate of drug-likeness (QED) is 0.397. The van der Waals surface area contributed by atoms with Gasteiger partial charge in [-0.25, -0.2) is 0 Å². The van der Waals surface area contributed by atoms with Gasteiger partial charge in [-0.15, -0.1) is 0 Å². The first-order valence-electron chi connectivity index (χ1n) is 10.2. The van der Waals surface area contributed by atoms with Crippen molar-refractivity contribution < 1.29 is 39.3 Å². The number of nitrogens with two attached hydrogens (primary N) is 1. The minimum absolute atomic E-state index is 0.117. The lowest BCUT2D eigenvalue weighted by Gasteiger charge is -2.55. The van der Waals surface area contributed by atoms with Gasteiger partial charge < -0.3 is 21.1 Å². The molecule has 0 spiro atoms. The van der Waals surface area contributed by atoms with Crippen molar-refractivity contribution in [1.29, 1.82) is 0 Å². The summed E-state index contributed by atoms with van der Waals surface area (Å²) in [4.78, 5) is 66.4. The van der Waals surface area contributed by atoms with Crippen LogP contribution in [0.4, 0.5) is 0 Å². The molecule has 1 aromatic carbocycles. The average Bonchev–Trinajstić information content (AvgIpc) is 2.68. The second-order valence-electron chi connectivity index (χ2n) is 9.28. The van der Waals surface area contributed by atoms with Gasteiger partial charge in [-0.05, 0) is 39.1 Å². The van der Waals surface area contributed by atoms with Crippen molar-refractivity contribution in [2.24, 2.45) is 29.4 Å². The third-order valence-electron chi connectivity index (χ3n) is 7.38. The number of fused-ring (bicyclic) bond motifs is 3. The van der Waals surface area contributed by atoms with Crippen LogP contribution in [0.1, 0.15) is 29.3 Å². The Labute approximate surface area is 183 Å². The number of aliphatic hydroxyl groups is 2. The third kappa shape index (κ3) is 2.54. The molecule has 1 amide bonds. The number of nitrogens with zero attached hydrogens (tertiary/aromatic N) is 1. The number of phenolic OH excluding ortho intramolecular Hbond substituents is 1. The first-order chi connectivity index (χ1) is 14.8. The molecular weight excluding hydrogens is 420 g/mol. The van der Waals surface area contributed by atoms with Gasteiger partial charge in [0.05, 0.1) is 23.1 Å². The molecule has 0 saturated heterocycles. The predicted molar refractivity (Wildman–Crippen MR) is 107 cm³/mol. The van der Waals surface area contributed by atoms with Crippen molar-refractivity contribution in [3.8, 4) is 5.75 Å². The molecule has 0 radical (unpaired) electrons. The highest BCUT2D eigenvalue weighted by molar-refractivity contribution is 6.32. The molecule has 1 aromatic rings. The highest BCUT2D eigenvalue weighted by Gasteiger charge is 2.71. The van der Waals surface area contributed by atoms with E-state index in [-0.39, 0.29) is 17.5 Å². The maximum absolute atomic E-state index is 13.6. The molecule has 7 atom stereocenters. The van der Waals surface area contributed by atoms with Gasteiger partial charge in [-0.1, -0.05) is 12.1 Å². The minimum Gasteiger partial charge on any atom is -0.507 e. The van der Waals surface area contributed by atoms with Crippen LogP contribution in [0.2, 0.25) is 0 Å². The summed E-state index contributed by atoms with van der Waals surface area (Å²) in [6.07, 6.45) is -0.230. The summed E-state index contributed by atoms with van der Waals surface area (Å²) in [6.45, 7) is 1.39. The van der Waals surface area contributed by atoms with E-state index in [1.807, 2.05) is 0 Å². The number of benzene rings is 1. The number of amides is 1. The number of carbonyl (C=O) groups is 5. The van der Waals surface area contributed by atoms with Gasteiger partial charge in [-0.2, -0.15) is 0 Å². The molecular formula is C22H24N2O8. The summed E-state index contributed by atoms with van der Waals surface area (Å²) in [5.74, 6) is -12.0. The van der Waals surface area contributed by atoms with Crippen LogP contribution in [0.5, 0.6) is 5.75 Å². The third-order valence-corrected chi connectivity index (χ3v) is 7.38. The van der Waals surface area contributed by atoms with Crippen LogP contribution in [0, 0.1) is 23.7 Å². The molecule has 0 aliphatic heterocycles. The Bertz CT molecular complexity index is 1090. The van der Waals surface area contributed by atoms with Crippen molar-refractivity contribution in [2.75, 3.05) is 14.1 Å². The molecule has 170 valence electrons. The first kappa shape index (κ1) is 22.3. The van der Waals surface area contributed by atoms with Gasteiger partial charge in [-0.3, -0.25) is 28.9 Å². The number of likely N-dealkylation sites (N-methyl/N-ethyl adjacent to an activating group) is 1. The zero-order chi connectivity index (χ0) is 23.9. The Hall–Kier alpha value is -2.95. The molecule has 0 heterocycles. The van der Waals surface area contributed by atoms with E-state index in [1.165, 1.54) is 44.1 Å². The number of aromatic hydroxyl groups is 1. The number of ketones is 4.